The lowest BCUT2D eigenvalue weighted by Gasteiger charge is -2.04. The lowest BCUT2D eigenvalue weighted by Crippen LogP contribution is -2.05. The second-order valence-electron chi connectivity index (χ2n) is 5.95. The molecule has 1 aliphatic rings. The summed E-state index contributed by atoms with van der Waals surface area (Å²) < 4.78 is 11.0. The molecule has 2 heterocycles. The molecule has 0 radical (unpaired) electrons. The van der Waals surface area contributed by atoms with Gasteiger partial charge in [-0.05, 0) is 30.4 Å². The fourth-order valence-corrected chi connectivity index (χ4v) is 2.71. The van der Waals surface area contributed by atoms with Crippen molar-refractivity contribution in [1.29, 1.82) is 0 Å². The maximum Gasteiger partial charge on any atom is 0.183 e. The van der Waals surface area contributed by atoms with E-state index in [9.17, 15) is 4.79 Å². The first-order valence-corrected chi connectivity index (χ1v) is 8.08. The molecule has 0 bridgehead atoms. The fourth-order valence-electron chi connectivity index (χ4n) is 2.71. The molecule has 5 heteroatoms. The Hall–Kier alpha value is -1.98. The van der Waals surface area contributed by atoms with Gasteiger partial charge in [-0.15, -0.1) is 0 Å². The number of ether oxygens (including phenoxy) is 2. The Bertz CT molecular complexity index is 618. The predicted molar refractivity (Wildman–Crippen MR) is 86.0 cm³/mol. The molecule has 1 aliphatic heterocycles. The van der Waals surface area contributed by atoms with Crippen LogP contribution in [0.15, 0.2) is 36.4 Å². The van der Waals surface area contributed by atoms with Gasteiger partial charge in [0.1, 0.15) is 5.69 Å². The summed E-state index contributed by atoms with van der Waals surface area (Å²) in [6.45, 7) is 2.58. The van der Waals surface area contributed by atoms with Crippen LogP contribution in [0, 0.1) is 5.92 Å². The van der Waals surface area contributed by atoms with E-state index in [1.54, 1.807) is 6.07 Å². The molecule has 122 valence electrons. The van der Waals surface area contributed by atoms with Crippen LogP contribution in [0.1, 0.15) is 41.0 Å². The highest BCUT2D eigenvalue weighted by Crippen LogP contribution is 2.19. The highest BCUT2D eigenvalue weighted by molar-refractivity contribution is 5.94. The first kappa shape index (κ1) is 15.9. The molecule has 2 aromatic rings. The summed E-state index contributed by atoms with van der Waals surface area (Å²) in [6.07, 6.45) is 2.47. The van der Waals surface area contributed by atoms with Gasteiger partial charge in [0.25, 0.3) is 0 Å². The van der Waals surface area contributed by atoms with Crippen molar-refractivity contribution in [2.75, 3.05) is 13.2 Å². The van der Waals surface area contributed by atoms with Gasteiger partial charge in [-0.3, -0.25) is 9.89 Å². The molecule has 1 aromatic heterocycles. The monoisotopic (exact) mass is 314 g/mol. The Morgan fingerprint density at radius 2 is 2.17 bits per heavy atom. The zero-order valence-electron chi connectivity index (χ0n) is 13.2. The van der Waals surface area contributed by atoms with E-state index in [1.165, 1.54) is 0 Å². The van der Waals surface area contributed by atoms with Crippen LogP contribution >= 0.6 is 0 Å². The van der Waals surface area contributed by atoms with Crippen molar-refractivity contribution in [2.24, 2.45) is 5.92 Å². The summed E-state index contributed by atoms with van der Waals surface area (Å²) in [6, 6.07) is 11.8. The number of hydrogen-bond acceptors (Lipinski definition) is 4. The maximum absolute atomic E-state index is 12.1. The minimum absolute atomic E-state index is 0.0856. The van der Waals surface area contributed by atoms with E-state index in [0.29, 0.717) is 31.2 Å². The first-order valence-electron chi connectivity index (χ1n) is 8.08. The lowest BCUT2D eigenvalue weighted by atomic mass is 10.00. The number of aromatic nitrogens is 2. The summed E-state index contributed by atoms with van der Waals surface area (Å²) in [5.74, 6) is 0.606. The number of hydrogen-bond donors (Lipinski definition) is 1. The van der Waals surface area contributed by atoms with Crippen molar-refractivity contribution in [3.8, 4) is 0 Å². The molecule has 1 aromatic carbocycles. The van der Waals surface area contributed by atoms with E-state index in [2.05, 4.69) is 10.2 Å². The third kappa shape index (κ3) is 4.74. The number of rotatable bonds is 8. The SMILES string of the molecule is O=C(CCC1CCOC1)c1cc(COCc2ccccc2)[nH]n1. The average molecular weight is 314 g/mol. The van der Waals surface area contributed by atoms with Crippen LogP contribution in [0.5, 0.6) is 0 Å². The maximum atomic E-state index is 12.1. The minimum atomic E-state index is 0.0856. The van der Waals surface area contributed by atoms with Crippen molar-refractivity contribution < 1.29 is 14.3 Å². The van der Waals surface area contributed by atoms with Crippen LogP contribution < -0.4 is 0 Å². The number of carbonyl (C=O) groups is 1. The van der Waals surface area contributed by atoms with Crippen LogP contribution in [0.3, 0.4) is 0 Å². The molecular formula is C18H22N2O3. The highest BCUT2D eigenvalue weighted by atomic mass is 16.5. The second-order valence-corrected chi connectivity index (χ2v) is 5.95. The molecule has 0 amide bonds. The first-order chi connectivity index (χ1) is 11.3. The van der Waals surface area contributed by atoms with Crippen LogP contribution in [0.2, 0.25) is 0 Å². The number of nitrogens with one attached hydrogen (secondary N) is 1. The molecule has 1 atom stereocenters. The average Bonchev–Trinajstić information content (AvgIpc) is 3.25. The number of benzene rings is 1. The fraction of sp³-hybridized carbons (Fsp3) is 0.444. The van der Waals surface area contributed by atoms with Gasteiger partial charge >= 0.3 is 0 Å². The molecule has 0 spiro atoms. The van der Waals surface area contributed by atoms with Crippen molar-refractivity contribution in [3.05, 3.63) is 53.3 Å². The zero-order chi connectivity index (χ0) is 15.9. The third-order valence-corrected chi connectivity index (χ3v) is 4.09. The third-order valence-electron chi connectivity index (χ3n) is 4.09. The van der Waals surface area contributed by atoms with Crippen LogP contribution in [0.25, 0.3) is 0 Å². The Labute approximate surface area is 136 Å². The predicted octanol–water partition coefficient (Wildman–Crippen LogP) is 3.13. The summed E-state index contributed by atoms with van der Waals surface area (Å²) in [5, 5.41) is 6.98. The van der Waals surface area contributed by atoms with E-state index >= 15 is 0 Å². The number of H-pyrrole nitrogens is 1. The largest absolute Gasteiger partial charge is 0.381 e. The van der Waals surface area contributed by atoms with Gasteiger partial charge in [0, 0.05) is 19.6 Å². The van der Waals surface area contributed by atoms with Gasteiger partial charge in [0.2, 0.25) is 0 Å². The van der Waals surface area contributed by atoms with E-state index in [0.717, 1.165) is 37.3 Å². The topological polar surface area (TPSA) is 64.2 Å². The van der Waals surface area contributed by atoms with Gasteiger partial charge in [-0.2, -0.15) is 5.10 Å². The van der Waals surface area contributed by atoms with E-state index < -0.39 is 0 Å². The molecule has 1 unspecified atom stereocenters. The molecular weight excluding hydrogens is 292 g/mol. The Balaban J connectivity index is 1.42. The van der Waals surface area contributed by atoms with Gasteiger partial charge in [-0.25, -0.2) is 0 Å². The van der Waals surface area contributed by atoms with E-state index in [1.807, 2.05) is 30.3 Å². The normalized spacial score (nSPS) is 17.5. The summed E-state index contributed by atoms with van der Waals surface area (Å²) in [5.41, 5.74) is 2.46. The molecule has 5 nitrogen and oxygen atoms in total. The number of carbonyl (C=O) groups excluding carboxylic acids is 1. The number of ketones is 1. The van der Waals surface area contributed by atoms with Crippen molar-refractivity contribution >= 4 is 5.78 Å². The lowest BCUT2D eigenvalue weighted by molar-refractivity contribution is 0.0966. The molecule has 3 rings (SSSR count). The van der Waals surface area contributed by atoms with Crippen molar-refractivity contribution in [1.82, 2.24) is 10.2 Å². The Kier molecular flexibility index (Phi) is 5.56. The number of aromatic amines is 1. The molecule has 23 heavy (non-hydrogen) atoms. The molecule has 0 saturated carbocycles. The minimum Gasteiger partial charge on any atom is -0.381 e. The quantitative estimate of drug-likeness (QED) is 0.760. The second kappa shape index (κ2) is 8.04. The van der Waals surface area contributed by atoms with Crippen LogP contribution in [0.4, 0.5) is 0 Å². The standard InChI is InChI=1S/C18H22N2O3/c21-18(7-6-15-8-9-22-11-15)17-10-16(19-20-17)13-23-12-14-4-2-1-3-5-14/h1-5,10,15H,6-9,11-13H2,(H,19,20). The summed E-state index contributed by atoms with van der Waals surface area (Å²) >= 11 is 0. The molecule has 1 saturated heterocycles. The van der Waals surface area contributed by atoms with Gasteiger partial charge in [0.15, 0.2) is 5.78 Å². The van der Waals surface area contributed by atoms with E-state index in [-0.39, 0.29) is 5.78 Å². The number of nitrogens with zero attached hydrogens (tertiary/aromatic N) is 1. The Morgan fingerprint density at radius 3 is 2.96 bits per heavy atom. The molecule has 1 N–H and O–H groups in total. The highest BCUT2D eigenvalue weighted by Gasteiger charge is 2.18. The molecule has 1 fully saturated rings. The smallest absolute Gasteiger partial charge is 0.183 e. The Morgan fingerprint density at radius 1 is 1.30 bits per heavy atom. The van der Waals surface area contributed by atoms with Crippen molar-refractivity contribution in [3.63, 3.8) is 0 Å². The van der Waals surface area contributed by atoms with Crippen molar-refractivity contribution in [2.45, 2.75) is 32.5 Å². The molecule has 0 aliphatic carbocycles. The zero-order valence-corrected chi connectivity index (χ0v) is 13.2. The van der Waals surface area contributed by atoms with Gasteiger partial charge < -0.3 is 9.47 Å². The van der Waals surface area contributed by atoms with Crippen LogP contribution in [-0.4, -0.2) is 29.2 Å². The van der Waals surface area contributed by atoms with Crippen LogP contribution in [-0.2, 0) is 22.7 Å². The van der Waals surface area contributed by atoms with Gasteiger partial charge in [0.05, 0.1) is 18.9 Å². The van der Waals surface area contributed by atoms with Gasteiger partial charge in [-0.1, -0.05) is 30.3 Å². The summed E-state index contributed by atoms with van der Waals surface area (Å²) in [4.78, 5) is 12.1. The summed E-state index contributed by atoms with van der Waals surface area (Å²) in [7, 11) is 0. The number of Topliss-reactive ketones (excluding diaryl/α,β-unsaturated/α-hetero) is 1. The van der Waals surface area contributed by atoms with E-state index in [4.69, 9.17) is 9.47 Å².